The van der Waals surface area contributed by atoms with Crippen molar-refractivity contribution in [1.29, 1.82) is 0 Å². The van der Waals surface area contributed by atoms with Crippen LogP contribution in [0.1, 0.15) is 71.7 Å². The molecule has 2 aromatic carbocycles. The molecule has 2 saturated heterocycles. The predicted octanol–water partition coefficient (Wildman–Crippen LogP) is 2.54. The maximum atomic E-state index is 12.3. The fraction of sp³-hybridized carbons (Fsp3) is 0.613. The second-order valence-corrected chi connectivity index (χ2v) is 12.1. The smallest absolute Gasteiger partial charge is 0.335 e. The molecule has 230 valence electrons. The first-order chi connectivity index (χ1) is 20.0. The highest BCUT2D eigenvalue weighted by Gasteiger charge is 2.55. The minimum absolute atomic E-state index is 0.0192. The van der Waals surface area contributed by atoms with Crippen molar-refractivity contribution in [1.82, 2.24) is 0 Å². The van der Waals surface area contributed by atoms with Gasteiger partial charge in [-0.1, -0.05) is 18.9 Å². The molecule has 2 aliphatic heterocycles. The summed E-state index contributed by atoms with van der Waals surface area (Å²) in [7, 11) is 0. The van der Waals surface area contributed by atoms with E-state index in [2.05, 4.69) is 0 Å². The topological polar surface area (TPSA) is 183 Å². The number of aromatic hydroxyl groups is 1. The quantitative estimate of drug-likeness (QED) is 0.249. The fourth-order valence-corrected chi connectivity index (χ4v) is 7.37. The lowest BCUT2D eigenvalue weighted by Crippen LogP contribution is -2.68. The number of hydrogen-bond acceptors (Lipinski definition) is 10. The van der Waals surface area contributed by atoms with Gasteiger partial charge in [-0.3, -0.25) is 4.79 Å². The lowest BCUT2D eigenvalue weighted by molar-refractivity contribution is -0.315. The third-order valence-corrected chi connectivity index (χ3v) is 9.55. The number of carbonyl (C=O) groups is 2. The van der Waals surface area contributed by atoms with Gasteiger partial charge in [0.2, 0.25) is 6.29 Å². The summed E-state index contributed by atoms with van der Waals surface area (Å²) >= 11 is 0. The Morgan fingerprint density at radius 1 is 1.14 bits per heavy atom. The van der Waals surface area contributed by atoms with E-state index in [9.17, 15) is 40.2 Å². The minimum atomic E-state index is -1.97. The highest BCUT2D eigenvalue weighted by molar-refractivity contribution is 6.08. The summed E-state index contributed by atoms with van der Waals surface area (Å²) in [6.07, 6.45) is -1.78. The highest BCUT2D eigenvalue weighted by Crippen LogP contribution is 2.45. The molecule has 0 unspecified atom stereocenters. The van der Waals surface area contributed by atoms with E-state index < -0.39 is 54.3 Å². The first kappa shape index (κ1) is 30.7. The molecule has 3 fully saturated rings. The number of phenolic OH excluding ortho intramolecular Hbond substituents is 1. The third-order valence-electron chi connectivity index (χ3n) is 9.55. The molecule has 1 aliphatic carbocycles. The number of ether oxygens (including phenoxy) is 3. The first-order valence-corrected chi connectivity index (χ1v) is 14.6. The van der Waals surface area contributed by atoms with Gasteiger partial charge in [0.25, 0.3) is 0 Å². The fourth-order valence-electron chi connectivity index (χ4n) is 7.37. The molecule has 11 nitrogen and oxygen atoms in total. The molecule has 5 rings (SSSR count). The molecule has 11 heteroatoms. The molecule has 42 heavy (non-hydrogen) atoms. The molecule has 8 atom stereocenters. The lowest BCUT2D eigenvalue weighted by Gasteiger charge is -2.49. The standard InChI is InChI=1S/C31H40O11/c1-15-10-19-11-20(29(37)38)12-22(25(19)26(34)24(15)16(2)33)41-30-27(35)28(36)31(39,23(13-32)42-30)8-6-17-4-3-5-18-14-40-9-7-21(17)18/h10-12,17-18,21,23,27-28,30,32,34-36,39H,3-9,13-14H2,1-2H3,(H,37,38)/t17-,18+,21-,23-,27-,28-,30+,31-/m1/s1. The van der Waals surface area contributed by atoms with E-state index in [1.54, 1.807) is 13.0 Å². The number of aliphatic hydroxyl groups excluding tert-OH is 3. The van der Waals surface area contributed by atoms with Gasteiger partial charge < -0.3 is 44.8 Å². The van der Waals surface area contributed by atoms with E-state index in [4.69, 9.17) is 14.2 Å². The second-order valence-electron chi connectivity index (χ2n) is 12.1. The SMILES string of the molecule is CC(=O)c1c(C)cc2cc(C(=O)O)cc(O[C@H]3O[C@H](CO)[C@](O)(CC[C@H]4CCC[C@H]5COCC[C@H]45)[C@H](O)[C@H]3O)c2c1O. The molecule has 6 N–H and O–H groups in total. The van der Waals surface area contributed by atoms with Crippen molar-refractivity contribution in [2.45, 2.75) is 82.6 Å². The van der Waals surface area contributed by atoms with Gasteiger partial charge in [-0.15, -0.1) is 0 Å². The van der Waals surface area contributed by atoms with Crippen molar-refractivity contribution in [3.8, 4) is 11.5 Å². The maximum Gasteiger partial charge on any atom is 0.335 e. The number of phenols is 1. The van der Waals surface area contributed by atoms with Crippen molar-refractivity contribution < 1.29 is 54.4 Å². The van der Waals surface area contributed by atoms with E-state index in [1.807, 2.05) is 0 Å². The Morgan fingerprint density at radius 3 is 2.60 bits per heavy atom. The summed E-state index contributed by atoms with van der Waals surface area (Å²) in [5, 5.41) is 65.1. The molecular weight excluding hydrogens is 548 g/mol. The van der Waals surface area contributed by atoms with Crippen molar-refractivity contribution in [3.05, 3.63) is 34.9 Å². The second kappa shape index (κ2) is 12.1. The van der Waals surface area contributed by atoms with E-state index >= 15 is 0 Å². The van der Waals surface area contributed by atoms with E-state index in [-0.39, 0.29) is 34.1 Å². The molecule has 0 aromatic heterocycles. The van der Waals surface area contributed by atoms with Crippen LogP contribution >= 0.6 is 0 Å². The normalized spacial score (nSPS) is 33.2. The summed E-state index contributed by atoms with van der Waals surface area (Å²) in [6.45, 7) is 3.64. The zero-order chi connectivity index (χ0) is 30.3. The number of Topliss-reactive ketones (excluding diaryl/α,β-unsaturated/α-hetero) is 1. The van der Waals surface area contributed by atoms with Gasteiger partial charge in [-0.05, 0) is 80.4 Å². The van der Waals surface area contributed by atoms with Crippen LogP contribution in [-0.2, 0) is 9.47 Å². The van der Waals surface area contributed by atoms with Gasteiger partial charge in [0.1, 0.15) is 35.4 Å². The van der Waals surface area contributed by atoms with E-state index in [1.165, 1.54) is 13.0 Å². The zero-order valence-corrected chi connectivity index (χ0v) is 23.9. The van der Waals surface area contributed by atoms with Crippen molar-refractivity contribution in [2.75, 3.05) is 19.8 Å². The number of benzene rings is 2. The van der Waals surface area contributed by atoms with Gasteiger partial charge in [-0.25, -0.2) is 4.79 Å². The van der Waals surface area contributed by atoms with Crippen LogP contribution < -0.4 is 4.74 Å². The summed E-state index contributed by atoms with van der Waals surface area (Å²) in [5.74, 6) is -1.10. The number of carboxylic acids is 1. The van der Waals surface area contributed by atoms with Crippen molar-refractivity contribution in [3.63, 3.8) is 0 Å². The average Bonchev–Trinajstić information content (AvgIpc) is 2.95. The maximum absolute atomic E-state index is 12.3. The zero-order valence-electron chi connectivity index (χ0n) is 23.9. The number of ketones is 1. The Balaban J connectivity index is 1.42. The molecule has 0 radical (unpaired) electrons. The van der Waals surface area contributed by atoms with Gasteiger partial charge in [-0.2, -0.15) is 0 Å². The van der Waals surface area contributed by atoms with Gasteiger partial charge in [0, 0.05) is 13.2 Å². The van der Waals surface area contributed by atoms with Crippen LogP contribution in [0, 0.1) is 24.7 Å². The van der Waals surface area contributed by atoms with Crippen LogP contribution in [0.15, 0.2) is 18.2 Å². The van der Waals surface area contributed by atoms with Crippen molar-refractivity contribution >= 4 is 22.5 Å². The van der Waals surface area contributed by atoms with Crippen LogP contribution in [0.2, 0.25) is 0 Å². The Bertz CT molecular complexity index is 1340. The van der Waals surface area contributed by atoms with Crippen molar-refractivity contribution in [2.24, 2.45) is 17.8 Å². The number of carbonyl (C=O) groups excluding carboxylic acids is 1. The Kier molecular flexibility index (Phi) is 8.80. The van der Waals surface area contributed by atoms with Crippen LogP contribution in [0.25, 0.3) is 10.8 Å². The van der Waals surface area contributed by atoms with E-state index in [0.29, 0.717) is 36.3 Å². The molecule has 0 bridgehead atoms. The molecule has 0 amide bonds. The number of rotatable bonds is 8. The lowest BCUT2D eigenvalue weighted by atomic mass is 9.67. The molecule has 3 aliphatic rings. The van der Waals surface area contributed by atoms with E-state index in [0.717, 1.165) is 38.4 Å². The predicted molar refractivity (Wildman–Crippen MR) is 150 cm³/mol. The van der Waals surface area contributed by atoms with Gasteiger partial charge in [0.15, 0.2) is 5.78 Å². The van der Waals surface area contributed by atoms with Gasteiger partial charge in [0.05, 0.1) is 23.1 Å². The number of aliphatic hydroxyl groups is 4. The first-order valence-electron chi connectivity index (χ1n) is 14.6. The van der Waals surface area contributed by atoms with Crippen LogP contribution in [0.4, 0.5) is 0 Å². The average molecular weight is 589 g/mol. The third kappa shape index (κ3) is 5.49. The summed E-state index contributed by atoms with van der Waals surface area (Å²) in [4.78, 5) is 24.1. The Morgan fingerprint density at radius 2 is 1.90 bits per heavy atom. The summed E-state index contributed by atoms with van der Waals surface area (Å²) in [6, 6.07) is 3.98. The molecule has 0 spiro atoms. The van der Waals surface area contributed by atoms with Crippen LogP contribution in [0.5, 0.6) is 11.5 Å². The Labute approximate surface area is 243 Å². The number of aryl methyl sites for hydroxylation is 1. The molecule has 1 saturated carbocycles. The number of fused-ring (bicyclic) bond motifs is 2. The van der Waals surface area contributed by atoms with Crippen LogP contribution in [0.3, 0.4) is 0 Å². The number of hydrogen-bond donors (Lipinski definition) is 6. The number of aromatic carboxylic acids is 1. The number of carboxylic acid groups (broad SMARTS) is 1. The van der Waals surface area contributed by atoms with Gasteiger partial charge >= 0.3 is 5.97 Å². The largest absolute Gasteiger partial charge is 0.506 e. The summed E-state index contributed by atoms with van der Waals surface area (Å²) < 4.78 is 17.4. The van der Waals surface area contributed by atoms with Crippen LogP contribution in [-0.4, -0.2) is 92.4 Å². The molecule has 2 aromatic rings. The highest BCUT2D eigenvalue weighted by atomic mass is 16.7. The minimum Gasteiger partial charge on any atom is -0.506 e. The molecular formula is C31H40O11. The monoisotopic (exact) mass is 588 g/mol. The summed E-state index contributed by atoms with van der Waals surface area (Å²) in [5.41, 5.74) is -1.71. The molecule has 2 heterocycles. The Hall–Kier alpha value is -2.80.